The molecule has 20 heavy (non-hydrogen) atoms. The van der Waals surface area contributed by atoms with E-state index in [0.29, 0.717) is 5.75 Å². The molecule has 107 valence electrons. The molecule has 0 saturated carbocycles. The predicted molar refractivity (Wildman–Crippen MR) is 84.8 cm³/mol. The van der Waals surface area contributed by atoms with E-state index in [9.17, 15) is 5.11 Å². The van der Waals surface area contributed by atoms with Crippen LogP contribution in [-0.4, -0.2) is 19.4 Å². The van der Waals surface area contributed by atoms with Gasteiger partial charge in [-0.25, -0.2) is 0 Å². The maximum absolute atomic E-state index is 10.3. The van der Waals surface area contributed by atoms with Crippen LogP contribution in [0.4, 0.5) is 5.69 Å². The summed E-state index contributed by atoms with van der Waals surface area (Å²) in [6.07, 6.45) is 1.73. The fourth-order valence-electron chi connectivity index (χ4n) is 1.93. The van der Waals surface area contributed by atoms with Gasteiger partial charge in [0, 0.05) is 28.6 Å². The van der Waals surface area contributed by atoms with E-state index in [2.05, 4.69) is 24.6 Å². The Morgan fingerprint density at radius 3 is 2.20 bits per heavy atom. The number of aliphatic imine (C=N–C) groups is 1. The number of hydrogen-bond donors (Lipinski definition) is 1. The van der Waals surface area contributed by atoms with Gasteiger partial charge in [-0.2, -0.15) is 0 Å². The third-order valence-corrected chi connectivity index (χ3v) is 5.00. The molecule has 0 aliphatic carbocycles. The Morgan fingerprint density at radius 2 is 1.60 bits per heavy atom. The van der Waals surface area contributed by atoms with E-state index in [1.165, 1.54) is 0 Å². The van der Waals surface area contributed by atoms with Gasteiger partial charge in [-0.15, -0.1) is 0 Å². The van der Waals surface area contributed by atoms with Crippen LogP contribution in [0, 0.1) is 0 Å². The van der Waals surface area contributed by atoms with Crippen molar-refractivity contribution in [3.63, 3.8) is 0 Å². The molecule has 0 aliphatic heterocycles. The Bertz CT molecular complexity index is 591. The van der Waals surface area contributed by atoms with E-state index in [1.807, 2.05) is 48.5 Å². The average molecular weight is 328 g/mol. The molecule has 1 radical (unpaired) electrons. The summed E-state index contributed by atoms with van der Waals surface area (Å²) in [4.78, 5) is 4.39. The van der Waals surface area contributed by atoms with E-state index in [-0.39, 0.29) is 16.8 Å². The van der Waals surface area contributed by atoms with Crippen LogP contribution < -0.4 is 5.19 Å². The number of phenols is 1. The Morgan fingerprint density at radius 1 is 0.950 bits per heavy atom. The van der Waals surface area contributed by atoms with Crippen molar-refractivity contribution in [3.05, 3.63) is 54.1 Å². The number of nitrogens with zero attached hydrogens (tertiary/aromatic N) is 1. The third kappa shape index (κ3) is 4.06. The molecule has 1 N–H and O–H groups in total. The van der Waals surface area contributed by atoms with Crippen molar-refractivity contribution in [1.29, 1.82) is 0 Å². The summed E-state index contributed by atoms with van der Waals surface area (Å²) in [6.45, 7) is 6.67. The molecule has 0 fully saturated rings. The molecule has 0 unspecified atom stereocenters. The Kier molecular flexibility index (Phi) is 5.74. The minimum Gasteiger partial charge on any atom is -0.507 e. The first-order valence-corrected chi connectivity index (χ1v) is 9.90. The molecule has 0 spiro atoms. The van der Waals surface area contributed by atoms with Crippen molar-refractivity contribution in [2.75, 3.05) is 0 Å². The quantitative estimate of drug-likeness (QED) is 0.676. The summed E-state index contributed by atoms with van der Waals surface area (Å²) in [5, 5.41) is 11.4. The standard InChI is InChI=1S/C16H19NOSi.Co/c1-19(2,3)15-11-7-8-13(16(15)18)12-17-14-9-5-4-6-10-14;/h4-12,18H,1-3H3;. The fraction of sp³-hybridized carbons (Fsp3) is 0.188. The Balaban J connectivity index is 0.00000200. The smallest absolute Gasteiger partial charge is 0.123 e. The number of para-hydroxylation sites is 2. The molecular weight excluding hydrogens is 309 g/mol. The zero-order valence-corrected chi connectivity index (χ0v) is 14.0. The van der Waals surface area contributed by atoms with Crippen LogP contribution in [0.25, 0.3) is 0 Å². The molecule has 0 saturated heterocycles. The van der Waals surface area contributed by atoms with Crippen LogP contribution in [0.2, 0.25) is 19.6 Å². The van der Waals surface area contributed by atoms with Gasteiger partial charge < -0.3 is 5.11 Å². The second-order valence-corrected chi connectivity index (χ2v) is 10.6. The summed E-state index contributed by atoms with van der Waals surface area (Å²) in [5.41, 5.74) is 1.67. The first kappa shape index (κ1) is 16.7. The van der Waals surface area contributed by atoms with Gasteiger partial charge in [0.25, 0.3) is 0 Å². The molecule has 0 aliphatic rings. The largest absolute Gasteiger partial charge is 0.507 e. The molecule has 2 aromatic rings. The summed E-state index contributed by atoms with van der Waals surface area (Å²) in [6, 6.07) is 15.6. The van der Waals surface area contributed by atoms with Gasteiger partial charge in [0.2, 0.25) is 0 Å². The molecule has 0 bridgehead atoms. The zero-order chi connectivity index (χ0) is 13.9. The van der Waals surface area contributed by atoms with Crippen molar-refractivity contribution in [3.8, 4) is 5.75 Å². The Labute approximate surface area is 131 Å². The van der Waals surface area contributed by atoms with E-state index in [1.54, 1.807) is 6.21 Å². The maximum atomic E-state index is 10.3. The van der Waals surface area contributed by atoms with E-state index < -0.39 is 8.07 Å². The van der Waals surface area contributed by atoms with Gasteiger partial charge in [0.05, 0.1) is 13.8 Å². The van der Waals surface area contributed by atoms with Gasteiger partial charge >= 0.3 is 0 Å². The van der Waals surface area contributed by atoms with Crippen LogP contribution in [-0.2, 0) is 16.8 Å². The number of benzene rings is 2. The van der Waals surface area contributed by atoms with Crippen LogP contribution in [0.3, 0.4) is 0 Å². The summed E-state index contributed by atoms with van der Waals surface area (Å²) < 4.78 is 0. The molecule has 4 heteroatoms. The van der Waals surface area contributed by atoms with Gasteiger partial charge in [-0.1, -0.05) is 50.0 Å². The van der Waals surface area contributed by atoms with Gasteiger partial charge in [-0.3, -0.25) is 4.99 Å². The molecule has 0 amide bonds. The number of hydrogen-bond acceptors (Lipinski definition) is 2. The topological polar surface area (TPSA) is 32.6 Å². The number of phenolic OH excluding ortho intramolecular Hbond substituents is 1. The molecule has 2 nitrogen and oxygen atoms in total. The maximum Gasteiger partial charge on any atom is 0.123 e. The summed E-state index contributed by atoms with van der Waals surface area (Å²) >= 11 is 0. The SMILES string of the molecule is C[Si](C)(C)c1cccc(C=Nc2ccccc2)c1O.[Co]. The first-order chi connectivity index (χ1) is 8.98. The Hall–Kier alpha value is -1.37. The molecular formula is C16H19CoNOSi. The van der Waals surface area contributed by atoms with E-state index in [4.69, 9.17) is 0 Å². The van der Waals surface area contributed by atoms with Crippen LogP contribution in [0.5, 0.6) is 5.75 Å². The van der Waals surface area contributed by atoms with Crippen LogP contribution in [0.1, 0.15) is 5.56 Å². The normalized spacial score (nSPS) is 11.3. The summed E-state index contributed by atoms with van der Waals surface area (Å²) in [5.74, 6) is 0.376. The van der Waals surface area contributed by atoms with E-state index >= 15 is 0 Å². The van der Waals surface area contributed by atoms with Gasteiger partial charge in [-0.05, 0) is 23.4 Å². The molecule has 0 heterocycles. The van der Waals surface area contributed by atoms with Crippen molar-refractivity contribution in [1.82, 2.24) is 0 Å². The van der Waals surface area contributed by atoms with Crippen molar-refractivity contribution >= 4 is 25.2 Å². The molecule has 2 rings (SSSR count). The second kappa shape index (κ2) is 6.88. The van der Waals surface area contributed by atoms with Crippen molar-refractivity contribution < 1.29 is 21.9 Å². The van der Waals surface area contributed by atoms with Crippen LogP contribution in [0.15, 0.2) is 53.5 Å². The first-order valence-electron chi connectivity index (χ1n) is 6.40. The van der Waals surface area contributed by atoms with E-state index in [0.717, 1.165) is 16.4 Å². The van der Waals surface area contributed by atoms with Gasteiger partial charge in [0.1, 0.15) is 5.75 Å². The van der Waals surface area contributed by atoms with Crippen molar-refractivity contribution in [2.45, 2.75) is 19.6 Å². The average Bonchev–Trinajstić information content (AvgIpc) is 2.37. The zero-order valence-electron chi connectivity index (χ0n) is 11.9. The predicted octanol–water partition coefficient (Wildman–Crippen LogP) is 3.69. The van der Waals surface area contributed by atoms with Gasteiger partial charge in [0.15, 0.2) is 0 Å². The monoisotopic (exact) mass is 328 g/mol. The minimum absolute atomic E-state index is 0. The number of rotatable bonds is 3. The molecule has 0 atom stereocenters. The molecule has 2 aromatic carbocycles. The summed E-state index contributed by atoms with van der Waals surface area (Å²) in [7, 11) is -1.53. The molecule has 0 aromatic heterocycles. The second-order valence-electron chi connectivity index (χ2n) is 5.59. The van der Waals surface area contributed by atoms with Crippen molar-refractivity contribution in [2.24, 2.45) is 4.99 Å². The van der Waals surface area contributed by atoms with Crippen LogP contribution >= 0.6 is 0 Å². The minimum atomic E-state index is -1.53. The number of aromatic hydroxyl groups is 1. The third-order valence-electron chi connectivity index (χ3n) is 2.98. The fourth-order valence-corrected chi connectivity index (χ4v) is 3.38.